The highest BCUT2D eigenvalue weighted by molar-refractivity contribution is 7.89. The van der Waals surface area contributed by atoms with Crippen molar-refractivity contribution in [3.63, 3.8) is 0 Å². The molecule has 1 rings (SSSR count). The van der Waals surface area contributed by atoms with E-state index in [0.29, 0.717) is 19.4 Å². The number of methoxy groups -OCH3 is 1. The molecule has 0 amide bonds. The van der Waals surface area contributed by atoms with Crippen LogP contribution in [-0.4, -0.2) is 40.9 Å². The number of sulfonamides is 1. The summed E-state index contributed by atoms with van der Waals surface area (Å²) in [5, 5.41) is 3.20. The van der Waals surface area contributed by atoms with E-state index in [1.165, 1.54) is 0 Å². The minimum atomic E-state index is -3.17. The van der Waals surface area contributed by atoms with Crippen LogP contribution >= 0.6 is 0 Å². The van der Waals surface area contributed by atoms with Crippen molar-refractivity contribution < 1.29 is 13.2 Å². The first-order valence-electron chi connectivity index (χ1n) is 7.38. The van der Waals surface area contributed by atoms with Gasteiger partial charge in [0.05, 0.1) is 12.9 Å². The minimum Gasteiger partial charge on any atom is -0.497 e. The van der Waals surface area contributed by atoms with Gasteiger partial charge in [0.1, 0.15) is 5.75 Å². The molecule has 1 aromatic rings. The molecule has 6 heteroatoms. The Kier molecular flexibility index (Phi) is 8.34. The van der Waals surface area contributed by atoms with Gasteiger partial charge in [0.2, 0.25) is 10.0 Å². The molecule has 0 aliphatic rings. The van der Waals surface area contributed by atoms with Crippen molar-refractivity contribution in [2.24, 2.45) is 0 Å². The summed E-state index contributed by atoms with van der Waals surface area (Å²) in [5.41, 5.74) is 1.09. The molecule has 0 radical (unpaired) electrons. The first kappa shape index (κ1) is 17.9. The van der Waals surface area contributed by atoms with E-state index in [2.05, 4.69) is 17.0 Å². The highest BCUT2D eigenvalue weighted by Gasteiger charge is 2.08. The van der Waals surface area contributed by atoms with Gasteiger partial charge in [-0.25, -0.2) is 13.1 Å². The van der Waals surface area contributed by atoms with Crippen LogP contribution in [0.4, 0.5) is 0 Å². The van der Waals surface area contributed by atoms with Gasteiger partial charge in [-0.05, 0) is 50.0 Å². The van der Waals surface area contributed by atoms with Gasteiger partial charge in [0, 0.05) is 6.54 Å². The summed E-state index contributed by atoms with van der Waals surface area (Å²) in [5.74, 6) is 0.977. The molecule has 0 bridgehead atoms. The fraction of sp³-hybridized carbons (Fsp3) is 0.600. The summed E-state index contributed by atoms with van der Waals surface area (Å²) in [6.45, 7) is 4.19. The van der Waals surface area contributed by atoms with Crippen LogP contribution in [-0.2, 0) is 16.4 Å². The second-order valence-electron chi connectivity index (χ2n) is 4.91. The lowest BCUT2D eigenvalue weighted by atomic mass is 10.1. The minimum absolute atomic E-state index is 0.173. The predicted octanol–water partition coefficient (Wildman–Crippen LogP) is 1.55. The largest absolute Gasteiger partial charge is 0.497 e. The van der Waals surface area contributed by atoms with Crippen LogP contribution < -0.4 is 14.8 Å². The first-order chi connectivity index (χ1) is 10.1. The van der Waals surface area contributed by atoms with Gasteiger partial charge in [-0.15, -0.1) is 0 Å². The Hall–Kier alpha value is -1.11. The van der Waals surface area contributed by atoms with Crippen molar-refractivity contribution >= 4 is 10.0 Å². The van der Waals surface area contributed by atoms with Crippen molar-refractivity contribution in [1.29, 1.82) is 0 Å². The number of rotatable bonds is 11. The highest BCUT2D eigenvalue weighted by Crippen LogP contribution is 2.11. The highest BCUT2D eigenvalue weighted by atomic mass is 32.2. The van der Waals surface area contributed by atoms with Gasteiger partial charge >= 0.3 is 0 Å². The topological polar surface area (TPSA) is 67.4 Å². The molecule has 0 heterocycles. The van der Waals surface area contributed by atoms with Gasteiger partial charge < -0.3 is 10.1 Å². The molecule has 21 heavy (non-hydrogen) atoms. The Labute approximate surface area is 128 Å². The maximum absolute atomic E-state index is 11.8. The zero-order valence-corrected chi connectivity index (χ0v) is 13.7. The molecule has 0 spiro atoms. The summed E-state index contributed by atoms with van der Waals surface area (Å²) in [6, 6.07) is 7.65. The number of hydrogen-bond acceptors (Lipinski definition) is 4. The Bertz CT molecular complexity index is 486. The van der Waals surface area contributed by atoms with E-state index in [-0.39, 0.29) is 5.75 Å². The van der Waals surface area contributed by atoms with E-state index in [9.17, 15) is 8.42 Å². The van der Waals surface area contributed by atoms with Gasteiger partial charge in [-0.1, -0.05) is 19.1 Å². The van der Waals surface area contributed by atoms with E-state index < -0.39 is 10.0 Å². The smallest absolute Gasteiger partial charge is 0.211 e. The van der Waals surface area contributed by atoms with Gasteiger partial charge in [0.15, 0.2) is 0 Å². The Morgan fingerprint density at radius 2 is 1.81 bits per heavy atom. The quantitative estimate of drug-likeness (QED) is 0.608. The lowest BCUT2D eigenvalue weighted by molar-refractivity contribution is 0.414. The molecule has 0 atom stereocenters. The van der Waals surface area contributed by atoms with Crippen LogP contribution in [0.3, 0.4) is 0 Å². The summed E-state index contributed by atoms with van der Waals surface area (Å²) in [4.78, 5) is 0. The second-order valence-corrected chi connectivity index (χ2v) is 6.84. The summed E-state index contributed by atoms with van der Waals surface area (Å²) < 4.78 is 31.3. The third kappa shape index (κ3) is 8.04. The number of hydrogen-bond donors (Lipinski definition) is 2. The van der Waals surface area contributed by atoms with Crippen molar-refractivity contribution in [2.75, 3.05) is 32.5 Å². The van der Waals surface area contributed by atoms with Crippen LogP contribution in [0.2, 0.25) is 0 Å². The SMILES string of the molecule is CCCNCCCS(=O)(=O)NCCc1ccc(OC)cc1. The molecule has 0 saturated heterocycles. The molecule has 0 aliphatic carbocycles. The van der Waals surface area contributed by atoms with Crippen molar-refractivity contribution in [1.82, 2.24) is 10.0 Å². The average molecular weight is 314 g/mol. The van der Waals surface area contributed by atoms with Crippen molar-refractivity contribution in [3.05, 3.63) is 29.8 Å². The molecule has 5 nitrogen and oxygen atoms in total. The van der Waals surface area contributed by atoms with Gasteiger partial charge in [0.25, 0.3) is 0 Å². The average Bonchev–Trinajstić information content (AvgIpc) is 2.47. The number of nitrogens with one attached hydrogen (secondary N) is 2. The molecule has 0 saturated carbocycles. The fourth-order valence-electron chi connectivity index (χ4n) is 1.90. The Morgan fingerprint density at radius 1 is 1.10 bits per heavy atom. The third-order valence-electron chi connectivity index (χ3n) is 3.09. The van der Waals surface area contributed by atoms with Gasteiger partial charge in [-0.2, -0.15) is 0 Å². The van der Waals surface area contributed by atoms with Crippen LogP contribution in [0.1, 0.15) is 25.3 Å². The lowest BCUT2D eigenvalue weighted by Crippen LogP contribution is -2.30. The van der Waals surface area contributed by atoms with E-state index in [0.717, 1.165) is 30.8 Å². The molecule has 0 fully saturated rings. The third-order valence-corrected chi connectivity index (χ3v) is 4.56. The Balaban J connectivity index is 2.23. The molecular formula is C15H26N2O3S. The maximum atomic E-state index is 11.8. The Morgan fingerprint density at radius 3 is 2.43 bits per heavy atom. The van der Waals surface area contributed by atoms with Crippen LogP contribution in [0.5, 0.6) is 5.75 Å². The number of ether oxygens (including phenoxy) is 1. The zero-order valence-electron chi connectivity index (χ0n) is 12.9. The van der Waals surface area contributed by atoms with Crippen LogP contribution in [0, 0.1) is 0 Å². The predicted molar refractivity (Wildman–Crippen MR) is 86.3 cm³/mol. The van der Waals surface area contributed by atoms with E-state index in [4.69, 9.17) is 4.74 Å². The molecule has 120 valence electrons. The zero-order chi connectivity index (χ0) is 15.6. The molecular weight excluding hydrogens is 288 g/mol. The summed E-state index contributed by atoms with van der Waals surface area (Å²) in [6.07, 6.45) is 2.38. The van der Waals surface area contributed by atoms with Crippen LogP contribution in [0.15, 0.2) is 24.3 Å². The maximum Gasteiger partial charge on any atom is 0.211 e. The van der Waals surface area contributed by atoms with E-state index in [1.54, 1.807) is 7.11 Å². The summed E-state index contributed by atoms with van der Waals surface area (Å²) >= 11 is 0. The fourth-order valence-corrected chi connectivity index (χ4v) is 2.99. The van der Waals surface area contributed by atoms with Crippen molar-refractivity contribution in [2.45, 2.75) is 26.2 Å². The number of benzene rings is 1. The van der Waals surface area contributed by atoms with E-state index >= 15 is 0 Å². The van der Waals surface area contributed by atoms with Gasteiger partial charge in [-0.3, -0.25) is 0 Å². The lowest BCUT2D eigenvalue weighted by Gasteiger charge is -2.08. The summed E-state index contributed by atoms with van der Waals surface area (Å²) in [7, 11) is -1.54. The normalized spacial score (nSPS) is 11.5. The molecule has 1 aromatic carbocycles. The molecule has 0 aliphatic heterocycles. The standard InChI is InChI=1S/C15H26N2O3S/c1-3-10-16-11-4-13-21(18,19)17-12-9-14-5-7-15(20-2)8-6-14/h5-8,16-17H,3-4,9-13H2,1-2H3. The monoisotopic (exact) mass is 314 g/mol. The molecule has 0 aromatic heterocycles. The molecule has 2 N–H and O–H groups in total. The van der Waals surface area contributed by atoms with E-state index in [1.807, 2.05) is 24.3 Å². The van der Waals surface area contributed by atoms with Crippen molar-refractivity contribution in [3.8, 4) is 5.75 Å². The van der Waals surface area contributed by atoms with Crippen LogP contribution in [0.25, 0.3) is 0 Å². The first-order valence-corrected chi connectivity index (χ1v) is 9.03. The molecule has 0 unspecified atom stereocenters. The second kappa shape index (κ2) is 9.76.